The van der Waals surface area contributed by atoms with Gasteiger partial charge in [-0.2, -0.15) is 0 Å². The van der Waals surface area contributed by atoms with Gasteiger partial charge in [0.1, 0.15) is 12.4 Å². The maximum absolute atomic E-state index is 5.74. The molecule has 2 aliphatic rings. The van der Waals surface area contributed by atoms with Crippen LogP contribution in [0.1, 0.15) is 24.8 Å². The van der Waals surface area contributed by atoms with Gasteiger partial charge in [-0.25, -0.2) is 0 Å². The molecule has 0 bridgehead atoms. The van der Waals surface area contributed by atoms with Crippen molar-refractivity contribution in [2.24, 2.45) is 0 Å². The summed E-state index contributed by atoms with van der Waals surface area (Å²) in [5, 5.41) is 6.94. The molecule has 0 aromatic heterocycles. The van der Waals surface area contributed by atoms with E-state index in [0.29, 0.717) is 0 Å². The number of anilines is 1. The van der Waals surface area contributed by atoms with Gasteiger partial charge in [-0.1, -0.05) is 18.6 Å². The molecule has 0 saturated heterocycles. The molecule has 1 saturated carbocycles. The molecule has 16 heavy (non-hydrogen) atoms. The van der Waals surface area contributed by atoms with Gasteiger partial charge in [-0.3, -0.25) is 0 Å². The fourth-order valence-corrected chi connectivity index (χ4v) is 2.24. The number of nitrogens with one attached hydrogen (secondary N) is 2. The molecule has 0 amide bonds. The van der Waals surface area contributed by atoms with Gasteiger partial charge in [-0.05, 0) is 18.9 Å². The van der Waals surface area contributed by atoms with Crippen molar-refractivity contribution >= 4 is 5.69 Å². The monoisotopic (exact) mass is 218 g/mol. The van der Waals surface area contributed by atoms with Gasteiger partial charge in [0.15, 0.2) is 0 Å². The Morgan fingerprint density at radius 2 is 2.31 bits per heavy atom. The van der Waals surface area contributed by atoms with E-state index in [1.165, 1.54) is 24.8 Å². The fraction of sp³-hybridized carbons (Fsp3) is 0.538. The topological polar surface area (TPSA) is 33.3 Å². The number of ether oxygens (including phenoxy) is 1. The maximum Gasteiger partial charge on any atom is 0.146 e. The van der Waals surface area contributed by atoms with Crippen molar-refractivity contribution in [1.82, 2.24) is 5.32 Å². The van der Waals surface area contributed by atoms with Crippen LogP contribution >= 0.6 is 0 Å². The Hall–Kier alpha value is -1.22. The number of hydrogen-bond acceptors (Lipinski definition) is 3. The van der Waals surface area contributed by atoms with Gasteiger partial charge in [0.25, 0.3) is 0 Å². The van der Waals surface area contributed by atoms with Crippen LogP contribution in [0.15, 0.2) is 18.2 Å². The smallest absolute Gasteiger partial charge is 0.146 e. The van der Waals surface area contributed by atoms with Crippen molar-refractivity contribution < 1.29 is 4.74 Å². The number of hydrogen-bond donors (Lipinski definition) is 2. The van der Waals surface area contributed by atoms with E-state index in [0.717, 1.165) is 37.2 Å². The van der Waals surface area contributed by atoms with Crippen LogP contribution in [0.4, 0.5) is 5.69 Å². The molecule has 1 aliphatic carbocycles. The first kappa shape index (κ1) is 9.97. The van der Waals surface area contributed by atoms with Crippen LogP contribution in [0.2, 0.25) is 0 Å². The van der Waals surface area contributed by atoms with E-state index in [9.17, 15) is 0 Å². The first-order chi connectivity index (χ1) is 7.93. The Morgan fingerprint density at radius 1 is 1.38 bits per heavy atom. The van der Waals surface area contributed by atoms with Crippen LogP contribution in [0.3, 0.4) is 0 Å². The van der Waals surface area contributed by atoms with Crippen LogP contribution < -0.4 is 15.4 Å². The number of rotatable bonds is 3. The Morgan fingerprint density at radius 3 is 3.12 bits per heavy atom. The lowest BCUT2D eigenvalue weighted by molar-refractivity contribution is 0.310. The van der Waals surface area contributed by atoms with Gasteiger partial charge in [-0.15, -0.1) is 0 Å². The molecule has 1 aromatic rings. The second kappa shape index (κ2) is 4.34. The lowest BCUT2D eigenvalue weighted by Crippen LogP contribution is -2.34. The Kier molecular flexibility index (Phi) is 2.70. The van der Waals surface area contributed by atoms with Gasteiger partial charge < -0.3 is 15.4 Å². The molecule has 3 nitrogen and oxygen atoms in total. The second-order valence-corrected chi connectivity index (χ2v) is 4.58. The standard InChI is InChI=1S/C13H18N2O/c1-3-10(9-15-11-4-2-5-11)13-12(6-1)14-7-8-16-13/h1,3,6,11,14-15H,2,4-5,7-9H2. The molecule has 1 fully saturated rings. The highest BCUT2D eigenvalue weighted by molar-refractivity contribution is 5.61. The van der Waals surface area contributed by atoms with Crippen molar-refractivity contribution in [2.75, 3.05) is 18.5 Å². The molecule has 2 N–H and O–H groups in total. The van der Waals surface area contributed by atoms with E-state index in [2.05, 4.69) is 28.8 Å². The van der Waals surface area contributed by atoms with Crippen LogP contribution in [-0.2, 0) is 6.54 Å². The molecule has 0 atom stereocenters. The highest BCUT2D eigenvalue weighted by atomic mass is 16.5. The molecule has 1 aliphatic heterocycles. The quantitative estimate of drug-likeness (QED) is 0.815. The number of benzene rings is 1. The van der Waals surface area contributed by atoms with E-state index >= 15 is 0 Å². The molecule has 1 aromatic carbocycles. The summed E-state index contributed by atoms with van der Waals surface area (Å²) in [6.07, 6.45) is 4.03. The zero-order valence-corrected chi connectivity index (χ0v) is 9.46. The first-order valence-corrected chi connectivity index (χ1v) is 6.15. The first-order valence-electron chi connectivity index (χ1n) is 6.15. The molecule has 0 unspecified atom stereocenters. The van der Waals surface area contributed by atoms with Gasteiger partial charge >= 0.3 is 0 Å². The molecule has 3 rings (SSSR count). The predicted molar refractivity (Wildman–Crippen MR) is 64.9 cm³/mol. The summed E-state index contributed by atoms with van der Waals surface area (Å²) in [6, 6.07) is 7.06. The van der Waals surface area contributed by atoms with E-state index in [-0.39, 0.29) is 0 Å². The van der Waals surface area contributed by atoms with Crippen molar-refractivity contribution in [2.45, 2.75) is 31.8 Å². The summed E-state index contributed by atoms with van der Waals surface area (Å²) in [6.45, 7) is 2.61. The largest absolute Gasteiger partial charge is 0.489 e. The minimum Gasteiger partial charge on any atom is -0.489 e. The van der Waals surface area contributed by atoms with E-state index in [4.69, 9.17) is 4.74 Å². The summed E-state index contributed by atoms with van der Waals surface area (Å²) in [5.74, 6) is 1.04. The third kappa shape index (κ3) is 1.87. The highest BCUT2D eigenvalue weighted by Gasteiger charge is 2.18. The summed E-state index contributed by atoms with van der Waals surface area (Å²) >= 11 is 0. The Balaban J connectivity index is 1.72. The fourth-order valence-electron chi connectivity index (χ4n) is 2.24. The third-order valence-corrected chi connectivity index (χ3v) is 3.45. The van der Waals surface area contributed by atoms with Gasteiger partial charge in [0.2, 0.25) is 0 Å². The molecule has 1 heterocycles. The molecule has 86 valence electrons. The minimum atomic E-state index is 0.729. The lowest BCUT2D eigenvalue weighted by Gasteiger charge is -2.28. The normalized spacial score (nSPS) is 19.2. The summed E-state index contributed by atoms with van der Waals surface area (Å²) < 4.78 is 5.74. The van der Waals surface area contributed by atoms with Crippen molar-refractivity contribution in [3.8, 4) is 5.75 Å². The van der Waals surface area contributed by atoms with Crippen LogP contribution in [-0.4, -0.2) is 19.2 Å². The summed E-state index contributed by atoms with van der Waals surface area (Å²) in [5.41, 5.74) is 2.41. The molecule has 0 radical (unpaired) electrons. The number of para-hydroxylation sites is 1. The van der Waals surface area contributed by atoms with Gasteiger partial charge in [0, 0.05) is 24.7 Å². The van der Waals surface area contributed by atoms with Crippen molar-refractivity contribution in [1.29, 1.82) is 0 Å². The van der Waals surface area contributed by atoms with Crippen LogP contribution in [0, 0.1) is 0 Å². The lowest BCUT2D eigenvalue weighted by atomic mass is 9.93. The zero-order valence-electron chi connectivity index (χ0n) is 9.46. The second-order valence-electron chi connectivity index (χ2n) is 4.58. The van der Waals surface area contributed by atoms with E-state index < -0.39 is 0 Å². The van der Waals surface area contributed by atoms with Crippen LogP contribution in [0.5, 0.6) is 5.75 Å². The summed E-state index contributed by atoms with van der Waals surface area (Å²) in [7, 11) is 0. The molecular weight excluding hydrogens is 200 g/mol. The zero-order chi connectivity index (χ0) is 10.8. The molecular formula is C13H18N2O. The average Bonchev–Trinajstić information content (AvgIpc) is 2.27. The maximum atomic E-state index is 5.74. The minimum absolute atomic E-state index is 0.729. The molecule has 0 spiro atoms. The van der Waals surface area contributed by atoms with Crippen molar-refractivity contribution in [3.05, 3.63) is 23.8 Å². The number of fused-ring (bicyclic) bond motifs is 1. The average molecular weight is 218 g/mol. The van der Waals surface area contributed by atoms with Gasteiger partial charge in [0.05, 0.1) is 5.69 Å². The predicted octanol–water partition coefficient (Wildman–Crippen LogP) is 2.13. The Labute approximate surface area is 96.2 Å². The highest BCUT2D eigenvalue weighted by Crippen LogP contribution is 2.31. The van der Waals surface area contributed by atoms with Crippen LogP contribution in [0.25, 0.3) is 0 Å². The molecule has 3 heteroatoms. The van der Waals surface area contributed by atoms with E-state index in [1.54, 1.807) is 0 Å². The van der Waals surface area contributed by atoms with Crippen molar-refractivity contribution in [3.63, 3.8) is 0 Å². The van der Waals surface area contributed by atoms with E-state index in [1.807, 2.05) is 0 Å². The summed E-state index contributed by atoms with van der Waals surface area (Å²) in [4.78, 5) is 0. The SMILES string of the molecule is c1cc(CNC2CCC2)c2c(c1)NCCO2. The third-order valence-electron chi connectivity index (χ3n) is 3.45. The Bertz CT molecular complexity index is 374.